The Morgan fingerprint density at radius 1 is 1.16 bits per heavy atom. The van der Waals surface area contributed by atoms with Gasteiger partial charge in [-0.2, -0.15) is 0 Å². The van der Waals surface area contributed by atoms with Crippen LogP contribution in [0.2, 0.25) is 0 Å². The average molecular weight is 483 g/mol. The molecule has 0 aliphatic carbocycles. The molecule has 0 saturated carbocycles. The Bertz CT molecular complexity index is 1210. The lowest BCUT2D eigenvalue weighted by Gasteiger charge is -2.35. The van der Waals surface area contributed by atoms with Crippen LogP contribution in [0.15, 0.2) is 58.4 Å². The van der Waals surface area contributed by atoms with Crippen molar-refractivity contribution in [3.05, 3.63) is 74.4 Å². The SMILES string of the molecule is COc1ccc(-n2c(C)nnc2SCC(=O)N2CCc3sccc3[C@@H]2c2cccs2)cc1. The molecule has 32 heavy (non-hydrogen) atoms. The van der Waals surface area contributed by atoms with Crippen molar-refractivity contribution in [3.8, 4) is 11.4 Å². The van der Waals surface area contributed by atoms with Gasteiger partial charge >= 0.3 is 0 Å². The summed E-state index contributed by atoms with van der Waals surface area (Å²) in [5, 5.41) is 13.5. The molecule has 3 aromatic heterocycles. The van der Waals surface area contributed by atoms with Gasteiger partial charge in [-0.15, -0.1) is 32.9 Å². The van der Waals surface area contributed by atoms with Crippen LogP contribution >= 0.6 is 34.4 Å². The smallest absolute Gasteiger partial charge is 0.233 e. The fourth-order valence-corrected chi connectivity index (χ4v) is 6.65. The molecule has 1 atom stereocenters. The van der Waals surface area contributed by atoms with Gasteiger partial charge < -0.3 is 9.64 Å². The quantitative estimate of drug-likeness (QED) is 0.363. The Morgan fingerprint density at radius 2 is 2.00 bits per heavy atom. The number of aryl methyl sites for hydroxylation is 1. The topological polar surface area (TPSA) is 60.2 Å². The van der Waals surface area contributed by atoms with Crippen LogP contribution in [0.1, 0.15) is 27.2 Å². The number of thioether (sulfide) groups is 1. The molecule has 0 spiro atoms. The van der Waals surface area contributed by atoms with Gasteiger partial charge in [-0.3, -0.25) is 9.36 Å². The number of nitrogens with zero attached hydrogens (tertiary/aromatic N) is 4. The number of carbonyl (C=O) groups is 1. The normalized spacial score (nSPS) is 15.6. The summed E-state index contributed by atoms with van der Waals surface area (Å²) in [6.45, 7) is 2.65. The molecule has 164 valence electrons. The summed E-state index contributed by atoms with van der Waals surface area (Å²) >= 11 is 4.92. The maximum atomic E-state index is 13.4. The summed E-state index contributed by atoms with van der Waals surface area (Å²) in [7, 11) is 1.65. The van der Waals surface area contributed by atoms with Crippen LogP contribution in [0, 0.1) is 6.92 Å². The summed E-state index contributed by atoms with van der Waals surface area (Å²) in [6, 6.07) is 14.1. The zero-order chi connectivity index (χ0) is 22.1. The summed E-state index contributed by atoms with van der Waals surface area (Å²) < 4.78 is 7.23. The van der Waals surface area contributed by atoms with Gasteiger partial charge in [-0.25, -0.2) is 0 Å². The van der Waals surface area contributed by atoms with Crippen LogP contribution in [0.25, 0.3) is 5.69 Å². The molecule has 0 radical (unpaired) electrons. The van der Waals surface area contributed by atoms with Gasteiger partial charge in [0.25, 0.3) is 0 Å². The van der Waals surface area contributed by atoms with Crippen LogP contribution in [0.4, 0.5) is 0 Å². The molecular formula is C23H22N4O2S3. The molecule has 0 unspecified atom stereocenters. The number of hydrogen-bond acceptors (Lipinski definition) is 7. The highest BCUT2D eigenvalue weighted by Crippen LogP contribution is 2.40. The van der Waals surface area contributed by atoms with E-state index in [-0.39, 0.29) is 11.9 Å². The second-order valence-corrected chi connectivity index (χ2v) is 10.3. The number of ether oxygens (including phenoxy) is 1. The summed E-state index contributed by atoms with van der Waals surface area (Å²) in [6.07, 6.45) is 0.909. The van der Waals surface area contributed by atoms with Crippen molar-refractivity contribution in [2.75, 3.05) is 19.4 Å². The Kier molecular flexibility index (Phi) is 6.03. The number of hydrogen-bond donors (Lipinski definition) is 0. The molecule has 0 saturated heterocycles. The van der Waals surface area contributed by atoms with Crippen molar-refractivity contribution in [2.45, 2.75) is 24.5 Å². The van der Waals surface area contributed by atoms with Crippen LogP contribution in [-0.2, 0) is 11.2 Å². The number of benzene rings is 1. The Morgan fingerprint density at radius 3 is 2.75 bits per heavy atom. The molecule has 4 heterocycles. The predicted molar refractivity (Wildman–Crippen MR) is 129 cm³/mol. The van der Waals surface area contributed by atoms with E-state index in [0.29, 0.717) is 10.9 Å². The molecule has 1 aromatic carbocycles. The van der Waals surface area contributed by atoms with Gasteiger partial charge in [0.15, 0.2) is 5.16 Å². The van der Waals surface area contributed by atoms with Crippen LogP contribution in [0.5, 0.6) is 5.75 Å². The Labute approximate surface area is 198 Å². The third-order valence-electron chi connectivity index (χ3n) is 5.55. The minimum Gasteiger partial charge on any atom is -0.497 e. The van der Waals surface area contributed by atoms with E-state index < -0.39 is 0 Å². The van der Waals surface area contributed by atoms with E-state index in [4.69, 9.17) is 4.74 Å². The van der Waals surface area contributed by atoms with Crippen molar-refractivity contribution in [1.82, 2.24) is 19.7 Å². The maximum absolute atomic E-state index is 13.4. The molecule has 5 rings (SSSR count). The van der Waals surface area contributed by atoms with E-state index in [1.54, 1.807) is 29.8 Å². The van der Waals surface area contributed by atoms with Crippen molar-refractivity contribution < 1.29 is 9.53 Å². The molecule has 6 nitrogen and oxygen atoms in total. The summed E-state index contributed by atoms with van der Waals surface area (Å²) in [5.41, 5.74) is 2.21. The van der Waals surface area contributed by atoms with Crippen LogP contribution in [0.3, 0.4) is 0 Å². The van der Waals surface area contributed by atoms with Gasteiger partial charge in [0, 0.05) is 22.0 Å². The molecule has 1 aliphatic rings. The molecule has 0 fully saturated rings. The number of thiophene rings is 2. The molecule has 0 bridgehead atoms. The van der Waals surface area contributed by atoms with Gasteiger partial charge in [0.05, 0.1) is 18.9 Å². The fraction of sp³-hybridized carbons (Fsp3) is 0.261. The van der Waals surface area contributed by atoms with Gasteiger partial charge in [0.1, 0.15) is 11.6 Å². The molecule has 9 heteroatoms. The van der Waals surface area contributed by atoms with E-state index in [0.717, 1.165) is 30.2 Å². The van der Waals surface area contributed by atoms with Crippen molar-refractivity contribution >= 4 is 40.3 Å². The zero-order valence-electron chi connectivity index (χ0n) is 17.7. The molecule has 1 aliphatic heterocycles. The second-order valence-electron chi connectivity index (χ2n) is 7.41. The number of methoxy groups -OCH3 is 1. The first kappa shape index (κ1) is 21.2. The third kappa shape index (κ3) is 3.96. The van der Waals surface area contributed by atoms with Crippen molar-refractivity contribution in [2.24, 2.45) is 0 Å². The highest BCUT2D eigenvalue weighted by molar-refractivity contribution is 7.99. The number of amides is 1. The van der Waals surface area contributed by atoms with E-state index in [1.165, 1.54) is 27.1 Å². The monoisotopic (exact) mass is 482 g/mol. The van der Waals surface area contributed by atoms with E-state index in [2.05, 4.69) is 39.2 Å². The highest BCUT2D eigenvalue weighted by atomic mass is 32.2. The molecule has 4 aromatic rings. The Hall–Kier alpha value is -2.62. The van der Waals surface area contributed by atoms with E-state index >= 15 is 0 Å². The first-order valence-electron chi connectivity index (χ1n) is 10.2. The predicted octanol–water partition coefficient (Wildman–Crippen LogP) is 4.97. The van der Waals surface area contributed by atoms with Gasteiger partial charge in [-0.05, 0) is 66.1 Å². The van der Waals surface area contributed by atoms with Gasteiger partial charge in [-0.1, -0.05) is 17.8 Å². The number of fused-ring (bicyclic) bond motifs is 1. The number of aromatic nitrogens is 3. The maximum Gasteiger partial charge on any atom is 0.233 e. The first-order valence-corrected chi connectivity index (χ1v) is 13.0. The molecular weight excluding hydrogens is 460 g/mol. The van der Waals surface area contributed by atoms with E-state index in [9.17, 15) is 4.79 Å². The fourth-order valence-electron chi connectivity index (χ4n) is 4.01. The standard InChI is InChI=1S/C23H22N4O2S3/c1-15-24-25-23(27(15)16-5-7-17(29-2)8-6-16)32-14-21(28)26-11-9-19-18(10-13-31-19)22(26)20-4-3-12-30-20/h3-8,10,12-13,22H,9,11,14H2,1-2H3/t22-/m1/s1. The molecule has 0 N–H and O–H groups in total. The highest BCUT2D eigenvalue weighted by Gasteiger charge is 2.33. The second kappa shape index (κ2) is 9.09. The molecule has 1 amide bonds. The van der Waals surface area contributed by atoms with E-state index in [1.807, 2.05) is 40.7 Å². The van der Waals surface area contributed by atoms with Crippen LogP contribution < -0.4 is 4.74 Å². The summed E-state index contributed by atoms with van der Waals surface area (Å²) in [4.78, 5) is 18.0. The van der Waals surface area contributed by atoms with Crippen LogP contribution in [-0.4, -0.2) is 45.0 Å². The lowest BCUT2D eigenvalue weighted by Crippen LogP contribution is -2.40. The lowest BCUT2D eigenvalue weighted by molar-refractivity contribution is -0.130. The zero-order valence-corrected chi connectivity index (χ0v) is 20.2. The van der Waals surface area contributed by atoms with Crippen molar-refractivity contribution in [3.63, 3.8) is 0 Å². The average Bonchev–Trinajstić information content (AvgIpc) is 3.58. The largest absolute Gasteiger partial charge is 0.497 e. The first-order chi connectivity index (χ1) is 15.7. The van der Waals surface area contributed by atoms with Gasteiger partial charge in [0.2, 0.25) is 5.91 Å². The minimum absolute atomic E-state index is 0.000654. The number of rotatable bonds is 6. The third-order valence-corrected chi connectivity index (χ3v) is 8.38. The number of carbonyl (C=O) groups excluding carboxylic acids is 1. The Balaban J connectivity index is 1.36. The van der Waals surface area contributed by atoms with Crippen molar-refractivity contribution in [1.29, 1.82) is 0 Å². The lowest BCUT2D eigenvalue weighted by atomic mass is 9.98. The minimum atomic E-state index is -0.000654. The summed E-state index contributed by atoms with van der Waals surface area (Å²) in [5.74, 6) is 2.01.